The number of fused-ring (bicyclic) bond motifs is 1. The van der Waals surface area contributed by atoms with Crippen LogP contribution in [-0.4, -0.2) is 33.8 Å². The quantitative estimate of drug-likeness (QED) is 0.508. The average molecular weight is 350 g/mol. The van der Waals surface area contributed by atoms with Crippen molar-refractivity contribution in [2.24, 2.45) is 4.99 Å². The Kier molecular flexibility index (Phi) is 6.19. The second-order valence-corrected chi connectivity index (χ2v) is 6.10. The van der Waals surface area contributed by atoms with Crippen molar-refractivity contribution in [1.82, 2.24) is 25.4 Å². The molecule has 3 aromatic rings. The minimum atomic E-state index is 0.646. The molecular formula is C20H26N6. The van der Waals surface area contributed by atoms with Crippen molar-refractivity contribution in [2.75, 3.05) is 13.1 Å². The van der Waals surface area contributed by atoms with Gasteiger partial charge < -0.3 is 15.2 Å². The predicted molar refractivity (Wildman–Crippen MR) is 106 cm³/mol. The smallest absolute Gasteiger partial charge is 0.191 e. The molecule has 26 heavy (non-hydrogen) atoms. The van der Waals surface area contributed by atoms with Gasteiger partial charge in [0.05, 0.1) is 6.54 Å². The lowest BCUT2D eigenvalue weighted by molar-refractivity contribution is 0.632. The summed E-state index contributed by atoms with van der Waals surface area (Å²) >= 11 is 0. The third-order valence-corrected chi connectivity index (χ3v) is 4.23. The maximum atomic E-state index is 4.71. The number of nitrogens with one attached hydrogen (secondary N) is 2. The van der Waals surface area contributed by atoms with Crippen molar-refractivity contribution in [3.8, 4) is 0 Å². The number of benzene rings is 2. The summed E-state index contributed by atoms with van der Waals surface area (Å²) < 4.78 is 2.07. The monoisotopic (exact) mass is 350 g/mol. The molecule has 6 nitrogen and oxygen atoms in total. The zero-order valence-corrected chi connectivity index (χ0v) is 15.4. The summed E-state index contributed by atoms with van der Waals surface area (Å²) in [7, 11) is 0. The van der Waals surface area contributed by atoms with Crippen LogP contribution >= 0.6 is 0 Å². The number of nitrogens with zero attached hydrogens (tertiary/aromatic N) is 4. The van der Waals surface area contributed by atoms with Crippen LogP contribution in [0.2, 0.25) is 0 Å². The topological polar surface area (TPSA) is 67.1 Å². The average Bonchev–Trinajstić information content (AvgIpc) is 3.13. The highest BCUT2D eigenvalue weighted by molar-refractivity contribution is 5.83. The number of guanidine groups is 1. The fraction of sp³-hybridized carbons (Fsp3) is 0.350. The van der Waals surface area contributed by atoms with Gasteiger partial charge in [-0.25, -0.2) is 4.99 Å². The van der Waals surface area contributed by atoms with Crippen molar-refractivity contribution in [3.05, 3.63) is 60.2 Å². The van der Waals surface area contributed by atoms with Crippen LogP contribution in [0.5, 0.6) is 0 Å². The maximum Gasteiger partial charge on any atom is 0.191 e. The normalized spacial score (nSPS) is 11.7. The van der Waals surface area contributed by atoms with E-state index < -0.39 is 0 Å². The molecular weight excluding hydrogens is 324 g/mol. The second kappa shape index (κ2) is 8.99. The van der Waals surface area contributed by atoms with E-state index in [2.05, 4.69) is 81.7 Å². The molecule has 0 aliphatic rings. The molecule has 0 aliphatic heterocycles. The number of rotatable bonds is 7. The Labute approximate surface area is 154 Å². The second-order valence-electron chi connectivity index (χ2n) is 6.10. The van der Waals surface area contributed by atoms with E-state index in [1.54, 1.807) is 6.33 Å². The molecule has 0 saturated carbocycles. The molecule has 2 N–H and O–H groups in total. The summed E-state index contributed by atoms with van der Waals surface area (Å²) in [5.41, 5.74) is 1.20. The Balaban J connectivity index is 1.60. The van der Waals surface area contributed by atoms with Gasteiger partial charge in [-0.05, 0) is 29.3 Å². The Hall–Kier alpha value is -2.89. The summed E-state index contributed by atoms with van der Waals surface area (Å²) in [5, 5.41) is 17.3. The molecule has 3 rings (SSSR count). The highest BCUT2D eigenvalue weighted by Gasteiger charge is 2.02. The lowest BCUT2D eigenvalue weighted by Crippen LogP contribution is -2.38. The third kappa shape index (κ3) is 4.59. The van der Waals surface area contributed by atoms with Gasteiger partial charge in [-0.1, -0.05) is 43.3 Å². The molecule has 0 spiro atoms. The Morgan fingerprint density at radius 3 is 2.73 bits per heavy atom. The lowest BCUT2D eigenvalue weighted by Gasteiger charge is -2.12. The molecule has 0 amide bonds. The van der Waals surface area contributed by atoms with Crippen molar-refractivity contribution in [3.63, 3.8) is 0 Å². The van der Waals surface area contributed by atoms with Gasteiger partial charge in [0.25, 0.3) is 0 Å². The van der Waals surface area contributed by atoms with Gasteiger partial charge >= 0.3 is 0 Å². The number of aliphatic imine (C=N–C) groups is 1. The molecule has 0 radical (unpaired) electrons. The van der Waals surface area contributed by atoms with E-state index in [-0.39, 0.29) is 0 Å². The van der Waals surface area contributed by atoms with Crippen LogP contribution in [0.3, 0.4) is 0 Å². The van der Waals surface area contributed by atoms with Crippen LogP contribution in [0.4, 0.5) is 0 Å². The molecule has 0 aliphatic carbocycles. The first-order valence-electron chi connectivity index (χ1n) is 9.16. The SMILES string of the molecule is CCNC(=NCc1ccc2ccccc2c1)NCCn1cnnc1CC. The molecule has 136 valence electrons. The Morgan fingerprint density at radius 2 is 1.92 bits per heavy atom. The largest absolute Gasteiger partial charge is 0.357 e. The molecule has 0 saturated heterocycles. The van der Waals surface area contributed by atoms with Gasteiger partial charge in [-0.15, -0.1) is 10.2 Å². The molecule has 1 heterocycles. The first-order chi connectivity index (χ1) is 12.8. The molecule has 6 heteroatoms. The van der Waals surface area contributed by atoms with Crippen molar-refractivity contribution in [1.29, 1.82) is 0 Å². The van der Waals surface area contributed by atoms with Crippen LogP contribution in [0.15, 0.2) is 53.8 Å². The minimum absolute atomic E-state index is 0.646. The molecule has 0 fully saturated rings. The first-order valence-corrected chi connectivity index (χ1v) is 9.16. The number of hydrogen-bond acceptors (Lipinski definition) is 3. The van der Waals surface area contributed by atoms with Gasteiger partial charge in [0, 0.05) is 26.1 Å². The fourth-order valence-corrected chi connectivity index (χ4v) is 2.88. The van der Waals surface area contributed by atoms with Gasteiger partial charge in [-0.2, -0.15) is 0 Å². The summed E-state index contributed by atoms with van der Waals surface area (Å²) in [6.45, 7) is 7.22. The van der Waals surface area contributed by atoms with Crippen molar-refractivity contribution in [2.45, 2.75) is 33.4 Å². The minimum Gasteiger partial charge on any atom is -0.357 e. The summed E-state index contributed by atoms with van der Waals surface area (Å²) in [6.07, 6.45) is 2.66. The van der Waals surface area contributed by atoms with Gasteiger partial charge in [0.15, 0.2) is 5.96 Å². The van der Waals surface area contributed by atoms with E-state index in [1.165, 1.54) is 16.3 Å². The zero-order valence-electron chi connectivity index (χ0n) is 15.4. The molecule has 2 aromatic carbocycles. The van der Waals surface area contributed by atoms with Crippen LogP contribution in [-0.2, 0) is 19.5 Å². The van der Waals surface area contributed by atoms with E-state index in [0.717, 1.165) is 37.8 Å². The highest BCUT2D eigenvalue weighted by Crippen LogP contribution is 2.16. The standard InChI is InChI=1S/C20H26N6/c1-3-19-25-24-15-26(19)12-11-22-20(21-4-2)23-14-16-9-10-17-7-5-6-8-18(17)13-16/h5-10,13,15H,3-4,11-12,14H2,1-2H3,(H2,21,22,23). The fourth-order valence-electron chi connectivity index (χ4n) is 2.88. The molecule has 0 bridgehead atoms. The van der Waals surface area contributed by atoms with E-state index in [1.807, 2.05) is 0 Å². The van der Waals surface area contributed by atoms with Crippen LogP contribution < -0.4 is 10.6 Å². The molecule has 0 unspecified atom stereocenters. The number of aromatic nitrogens is 3. The first kappa shape index (κ1) is 17.9. The van der Waals surface area contributed by atoms with Crippen molar-refractivity contribution < 1.29 is 0 Å². The number of aryl methyl sites for hydroxylation is 1. The predicted octanol–water partition coefficient (Wildman–Crippen LogP) is 2.75. The van der Waals surface area contributed by atoms with E-state index in [4.69, 9.17) is 4.99 Å². The van der Waals surface area contributed by atoms with Crippen LogP contribution in [0.25, 0.3) is 10.8 Å². The highest BCUT2D eigenvalue weighted by atomic mass is 15.3. The maximum absolute atomic E-state index is 4.71. The van der Waals surface area contributed by atoms with E-state index >= 15 is 0 Å². The Morgan fingerprint density at radius 1 is 1.08 bits per heavy atom. The summed E-state index contributed by atoms with van der Waals surface area (Å²) in [6, 6.07) is 14.9. The summed E-state index contributed by atoms with van der Waals surface area (Å²) in [4.78, 5) is 4.71. The van der Waals surface area contributed by atoms with Crippen molar-refractivity contribution >= 4 is 16.7 Å². The van der Waals surface area contributed by atoms with E-state index in [0.29, 0.717) is 6.54 Å². The van der Waals surface area contributed by atoms with Crippen LogP contribution in [0.1, 0.15) is 25.2 Å². The molecule has 0 atom stereocenters. The third-order valence-electron chi connectivity index (χ3n) is 4.23. The number of hydrogen-bond donors (Lipinski definition) is 2. The lowest BCUT2D eigenvalue weighted by atomic mass is 10.1. The zero-order chi connectivity index (χ0) is 18.2. The van der Waals surface area contributed by atoms with Gasteiger partial charge in [0.2, 0.25) is 0 Å². The molecule has 1 aromatic heterocycles. The summed E-state index contributed by atoms with van der Waals surface area (Å²) in [5.74, 6) is 1.83. The van der Waals surface area contributed by atoms with Gasteiger partial charge in [-0.3, -0.25) is 0 Å². The van der Waals surface area contributed by atoms with E-state index in [9.17, 15) is 0 Å². The van der Waals surface area contributed by atoms with Gasteiger partial charge in [0.1, 0.15) is 12.2 Å². The Bertz CT molecular complexity index is 867. The van der Waals surface area contributed by atoms with Crippen LogP contribution in [0, 0.1) is 0 Å².